The summed E-state index contributed by atoms with van der Waals surface area (Å²) < 4.78 is 5.95. The first kappa shape index (κ1) is 22.1. The maximum absolute atomic E-state index is 13.2. The van der Waals surface area contributed by atoms with E-state index in [0.29, 0.717) is 44.6 Å². The van der Waals surface area contributed by atoms with Crippen molar-refractivity contribution in [1.82, 2.24) is 15.2 Å². The number of nitrogens with zero attached hydrogens (tertiary/aromatic N) is 2. The van der Waals surface area contributed by atoms with Gasteiger partial charge in [0.25, 0.3) is 5.91 Å². The smallest absolute Gasteiger partial charge is 0.257 e. The summed E-state index contributed by atoms with van der Waals surface area (Å²) in [4.78, 5) is 32.0. The highest BCUT2D eigenvalue weighted by atomic mass is 16.5. The number of rotatable bonds is 1. The average molecular weight is 437 g/mol. The van der Waals surface area contributed by atoms with Gasteiger partial charge in [-0.1, -0.05) is 31.0 Å². The van der Waals surface area contributed by atoms with Crippen LogP contribution in [0.25, 0.3) is 0 Å². The molecule has 7 heteroatoms. The van der Waals surface area contributed by atoms with Crippen molar-refractivity contribution < 1.29 is 14.3 Å². The second kappa shape index (κ2) is 10.0. The third-order valence-corrected chi connectivity index (χ3v) is 6.78. The number of aryl methyl sites for hydroxylation is 1. The van der Waals surface area contributed by atoms with Crippen LogP contribution in [0.15, 0.2) is 42.6 Å². The zero-order chi connectivity index (χ0) is 22.4. The molecule has 170 valence electrons. The number of carbonyl (C=O) groups is 2. The third kappa shape index (κ3) is 4.87. The van der Waals surface area contributed by atoms with E-state index in [4.69, 9.17) is 10.5 Å². The Hall–Kier alpha value is -3.09. The molecule has 1 saturated heterocycles. The topological polar surface area (TPSA) is 97.6 Å². The average Bonchev–Trinajstić information content (AvgIpc) is 2.83. The lowest BCUT2D eigenvalue weighted by molar-refractivity contribution is -0.134. The van der Waals surface area contributed by atoms with Crippen LogP contribution in [0.3, 0.4) is 0 Å². The van der Waals surface area contributed by atoms with E-state index < -0.39 is 5.41 Å². The summed E-state index contributed by atoms with van der Waals surface area (Å²) in [6, 6.07) is 11.6. The molecule has 0 saturated carbocycles. The number of fused-ring (bicyclic) bond motifs is 1. The van der Waals surface area contributed by atoms with E-state index in [1.54, 1.807) is 23.2 Å². The van der Waals surface area contributed by atoms with Crippen LogP contribution in [0.1, 0.15) is 54.4 Å². The van der Waals surface area contributed by atoms with Crippen LogP contribution >= 0.6 is 0 Å². The SMILES string of the molecule is Nc1ncccc1C(=O)N1CCC2(CCCCCc3ccccc3OCCNC2=O)CC1. The number of nitrogens with one attached hydrogen (secondary N) is 1. The maximum atomic E-state index is 13.2. The minimum Gasteiger partial charge on any atom is -0.491 e. The maximum Gasteiger partial charge on any atom is 0.257 e. The molecule has 7 nitrogen and oxygen atoms in total. The molecule has 0 aliphatic carbocycles. The summed E-state index contributed by atoms with van der Waals surface area (Å²) in [5.41, 5.74) is 7.12. The number of hydrogen-bond acceptors (Lipinski definition) is 5. The van der Waals surface area contributed by atoms with Gasteiger partial charge in [-0.3, -0.25) is 9.59 Å². The number of anilines is 1. The van der Waals surface area contributed by atoms with E-state index in [1.165, 1.54) is 5.56 Å². The van der Waals surface area contributed by atoms with Crippen molar-refractivity contribution in [2.24, 2.45) is 5.41 Å². The summed E-state index contributed by atoms with van der Waals surface area (Å²) in [6.45, 7) is 2.01. The number of likely N-dealkylation sites (tertiary alicyclic amines) is 1. The summed E-state index contributed by atoms with van der Waals surface area (Å²) in [7, 11) is 0. The van der Waals surface area contributed by atoms with Gasteiger partial charge >= 0.3 is 0 Å². The van der Waals surface area contributed by atoms with Gasteiger partial charge in [-0.05, 0) is 55.9 Å². The monoisotopic (exact) mass is 436 g/mol. The lowest BCUT2D eigenvalue weighted by Crippen LogP contribution is -2.50. The number of benzene rings is 1. The molecule has 1 fully saturated rings. The third-order valence-electron chi connectivity index (χ3n) is 6.78. The predicted octanol–water partition coefficient (Wildman–Crippen LogP) is 3.20. The molecule has 1 spiro atoms. The fraction of sp³-hybridized carbons (Fsp3) is 0.480. The van der Waals surface area contributed by atoms with Crippen LogP contribution in [0, 0.1) is 5.41 Å². The molecule has 3 N–H and O–H groups in total. The zero-order valence-electron chi connectivity index (χ0n) is 18.5. The number of aromatic nitrogens is 1. The van der Waals surface area contributed by atoms with Crippen LogP contribution in [0.5, 0.6) is 5.75 Å². The van der Waals surface area contributed by atoms with Gasteiger partial charge in [0.05, 0.1) is 17.5 Å². The van der Waals surface area contributed by atoms with Crippen molar-refractivity contribution >= 4 is 17.6 Å². The Kier molecular flexibility index (Phi) is 6.93. The normalized spacial score (nSPS) is 19.5. The highest BCUT2D eigenvalue weighted by molar-refractivity contribution is 5.98. The molecule has 0 radical (unpaired) electrons. The van der Waals surface area contributed by atoms with Crippen molar-refractivity contribution in [1.29, 1.82) is 0 Å². The van der Waals surface area contributed by atoms with E-state index >= 15 is 0 Å². The van der Waals surface area contributed by atoms with Gasteiger partial charge in [-0.15, -0.1) is 0 Å². The van der Waals surface area contributed by atoms with Crippen molar-refractivity contribution in [3.63, 3.8) is 0 Å². The standard InChI is InChI=1S/C25H32N4O3/c26-22-20(9-6-14-27-22)23(30)29-16-12-25(13-17-29)11-5-1-2-7-19-8-3-4-10-21(19)32-18-15-28-24(25)31/h3-4,6,8-10,14H,1-2,5,7,11-13,15-18H2,(H2,26,27)(H,28,31). The molecule has 0 atom stereocenters. The second-order valence-electron chi connectivity index (χ2n) is 8.78. The fourth-order valence-corrected chi connectivity index (χ4v) is 4.82. The summed E-state index contributed by atoms with van der Waals surface area (Å²) in [5.74, 6) is 1.14. The number of amides is 2. The number of hydrogen-bond donors (Lipinski definition) is 2. The summed E-state index contributed by atoms with van der Waals surface area (Å²) >= 11 is 0. The highest BCUT2D eigenvalue weighted by Crippen LogP contribution is 2.38. The number of para-hydroxylation sites is 1. The van der Waals surface area contributed by atoms with Crippen LogP contribution in [0.2, 0.25) is 0 Å². The van der Waals surface area contributed by atoms with E-state index in [2.05, 4.69) is 16.4 Å². The zero-order valence-corrected chi connectivity index (χ0v) is 18.5. The minimum absolute atomic E-state index is 0.0848. The predicted molar refractivity (Wildman–Crippen MR) is 123 cm³/mol. The fourth-order valence-electron chi connectivity index (χ4n) is 4.82. The molecule has 0 bridgehead atoms. The van der Waals surface area contributed by atoms with Gasteiger partial charge in [-0.2, -0.15) is 0 Å². The number of carbonyl (C=O) groups excluding carboxylic acids is 2. The number of nitrogens with two attached hydrogens (primary N) is 1. The van der Waals surface area contributed by atoms with Gasteiger partial charge < -0.3 is 20.7 Å². The van der Waals surface area contributed by atoms with Crippen LogP contribution in [-0.2, 0) is 11.2 Å². The molecule has 2 amide bonds. The van der Waals surface area contributed by atoms with E-state index in [-0.39, 0.29) is 17.6 Å². The minimum atomic E-state index is -0.432. The molecular weight excluding hydrogens is 404 g/mol. The van der Waals surface area contributed by atoms with Crippen molar-refractivity contribution in [2.45, 2.75) is 44.9 Å². The molecule has 0 unspecified atom stereocenters. The highest BCUT2D eigenvalue weighted by Gasteiger charge is 2.41. The largest absolute Gasteiger partial charge is 0.491 e. The molecule has 1 aromatic heterocycles. The summed E-state index contributed by atoms with van der Waals surface area (Å²) in [6.07, 6.45) is 7.87. The van der Waals surface area contributed by atoms with Crippen molar-refractivity contribution in [2.75, 3.05) is 32.0 Å². The Balaban J connectivity index is 1.41. The van der Waals surface area contributed by atoms with Crippen LogP contribution in [0.4, 0.5) is 5.82 Å². The first-order valence-corrected chi connectivity index (χ1v) is 11.6. The number of ether oxygens (including phenoxy) is 1. The van der Waals surface area contributed by atoms with E-state index in [0.717, 1.165) is 37.9 Å². The number of pyridine rings is 1. The van der Waals surface area contributed by atoms with Crippen molar-refractivity contribution in [3.05, 3.63) is 53.7 Å². The molecular formula is C25H32N4O3. The van der Waals surface area contributed by atoms with Crippen molar-refractivity contribution in [3.8, 4) is 5.75 Å². The first-order chi connectivity index (χ1) is 15.6. The van der Waals surface area contributed by atoms with Gasteiger partial charge in [0.15, 0.2) is 0 Å². The lowest BCUT2D eigenvalue weighted by atomic mass is 9.73. The Morgan fingerprint density at radius 2 is 1.88 bits per heavy atom. The quantitative estimate of drug-likeness (QED) is 0.715. The number of nitrogen functional groups attached to an aromatic ring is 1. The number of piperidine rings is 1. The Morgan fingerprint density at radius 3 is 2.69 bits per heavy atom. The van der Waals surface area contributed by atoms with Gasteiger partial charge in [-0.25, -0.2) is 4.98 Å². The molecule has 2 aliphatic heterocycles. The molecule has 3 heterocycles. The molecule has 2 aliphatic rings. The van der Waals surface area contributed by atoms with Crippen LogP contribution in [-0.4, -0.2) is 47.9 Å². The van der Waals surface area contributed by atoms with E-state index in [1.807, 2.05) is 18.2 Å². The molecule has 4 rings (SSSR count). The molecule has 1 aromatic carbocycles. The van der Waals surface area contributed by atoms with Gasteiger partial charge in [0, 0.05) is 19.3 Å². The van der Waals surface area contributed by atoms with Crippen LogP contribution < -0.4 is 15.8 Å². The molecule has 32 heavy (non-hydrogen) atoms. The second-order valence-corrected chi connectivity index (χ2v) is 8.78. The first-order valence-electron chi connectivity index (χ1n) is 11.6. The Labute approximate surface area is 189 Å². The Bertz CT molecular complexity index is 954. The lowest BCUT2D eigenvalue weighted by Gasteiger charge is -2.41. The summed E-state index contributed by atoms with van der Waals surface area (Å²) in [5, 5.41) is 3.10. The van der Waals surface area contributed by atoms with E-state index in [9.17, 15) is 9.59 Å². The molecule has 2 aromatic rings. The Morgan fingerprint density at radius 1 is 1.06 bits per heavy atom. The van der Waals surface area contributed by atoms with Gasteiger partial charge in [0.1, 0.15) is 18.2 Å². The van der Waals surface area contributed by atoms with Gasteiger partial charge in [0.2, 0.25) is 5.91 Å².